The largest absolute Gasteiger partial charge is 0.323 e. The molecule has 2 fully saturated rings. The fourth-order valence-corrected chi connectivity index (χ4v) is 3.97. The molecule has 2 aliphatic rings. The summed E-state index contributed by atoms with van der Waals surface area (Å²) in [5.41, 5.74) is 0. The summed E-state index contributed by atoms with van der Waals surface area (Å²) < 4.78 is 0. The van der Waals surface area contributed by atoms with Crippen LogP contribution in [0.5, 0.6) is 0 Å². The lowest BCUT2D eigenvalue weighted by atomic mass is 10.0. The molecule has 3 atom stereocenters. The van der Waals surface area contributed by atoms with Crippen LogP contribution in [0.1, 0.15) is 78.6 Å². The Bertz CT molecular complexity index is 312. The Balaban J connectivity index is 2.07. The maximum absolute atomic E-state index is 12.8. The number of carbonyl (C=O) groups is 1. The first kappa shape index (κ1) is 15.8. The van der Waals surface area contributed by atoms with E-state index in [1.165, 1.54) is 32.1 Å². The first-order valence-electron chi connectivity index (χ1n) is 8.77. The van der Waals surface area contributed by atoms with Crippen LogP contribution in [0.25, 0.3) is 0 Å². The second kappa shape index (κ2) is 7.44. The number of rotatable bonds is 7. The second-order valence-corrected chi connectivity index (χ2v) is 6.73. The standard InChI is InChI=1S/C17H32N2O/c1-4-6-12-15-17(20)19(13(3)9-5-2)16(18-15)14-10-7-8-11-14/h13-16,18H,4-12H2,1-3H3. The summed E-state index contributed by atoms with van der Waals surface area (Å²) in [5, 5.41) is 3.68. The molecule has 116 valence electrons. The molecular formula is C17H32N2O. The molecule has 1 heterocycles. The number of hydrogen-bond donors (Lipinski definition) is 1. The van der Waals surface area contributed by atoms with Crippen LogP contribution in [-0.4, -0.2) is 29.1 Å². The molecule has 0 aromatic heterocycles. The molecule has 3 heteroatoms. The molecule has 1 saturated carbocycles. The van der Waals surface area contributed by atoms with Gasteiger partial charge in [0, 0.05) is 6.04 Å². The van der Waals surface area contributed by atoms with Crippen LogP contribution < -0.4 is 5.32 Å². The van der Waals surface area contributed by atoms with Gasteiger partial charge in [0.15, 0.2) is 0 Å². The van der Waals surface area contributed by atoms with Crippen LogP contribution in [0, 0.1) is 5.92 Å². The van der Waals surface area contributed by atoms with Crippen molar-refractivity contribution in [2.75, 3.05) is 0 Å². The van der Waals surface area contributed by atoms with Crippen molar-refractivity contribution in [1.82, 2.24) is 10.2 Å². The van der Waals surface area contributed by atoms with E-state index in [4.69, 9.17) is 0 Å². The molecule has 1 saturated heterocycles. The SMILES string of the molecule is CCCCC1NC(C2CCCC2)N(C(C)CCC)C1=O. The Morgan fingerprint density at radius 2 is 1.95 bits per heavy atom. The molecule has 3 unspecified atom stereocenters. The van der Waals surface area contributed by atoms with Crippen LogP contribution in [0.3, 0.4) is 0 Å². The van der Waals surface area contributed by atoms with Crippen molar-refractivity contribution in [1.29, 1.82) is 0 Å². The van der Waals surface area contributed by atoms with E-state index >= 15 is 0 Å². The molecule has 2 rings (SSSR count). The van der Waals surface area contributed by atoms with Crippen LogP contribution in [0.2, 0.25) is 0 Å². The first-order valence-corrected chi connectivity index (χ1v) is 8.77. The summed E-state index contributed by atoms with van der Waals surface area (Å²) in [6.45, 7) is 6.64. The van der Waals surface area contributed by atoms with Gasteiger partial charge in [0.2, 0.25) is 5.91 Å². The smallest absolute Gasteiger partial charge is 0.241 e. The molecule has 1 aliphatic heterocycles. The van der Waals surface area contributed by atoms with Gasteiger partial charge in [-0.3, -0.25) is 10.1 Å². The number of nitrogens with one attached hydrogen (secondary N) is 1. The summed E-state index contributed by atoms with van der Waals surface area (Å²) >= 11 is 0. The van der Waals surface area contributed by atoms with Crippen LogP contribution in [0.15, 0.2) is 0 Å². The molecule has 0 aromatic rings. The Morgan fingerprint density at radius 1 is 1.25 bits per heavy atom. The van der Waals surface area contributed by atoms with Gasteiger partial charge in [-0.1, -0.05) is 46.0 Å². The van der Waals surface area contributed by atoms with Crippen molar-refractivity contribution >= 4 is 5.91 Å². The normalized spacial score (nSPS) is 29.4. The monoisotopic (exact) mass is 280 g/mol. The van der Waals surface area contributed by atoms with Gasteiger partial charge in [-0.05, 0) is 38.5 Å². The maximum atomic E-state index is 12.8. The third-order valence-electron chi connectivity index (χ3n) is 5.10. The molecule has 20 heavy (non-hydrogen) atoms. The lowest BCUT2D eigenvalue weighted by Crippen LogP contribution is -2.47. The first-order chi connectivity index (χ1) is 9.69. The highest BCUT2D eigenvalue weighted by Crippen LogP contribution is 2.34. The molecule has 0 spiro atoms. The van der Waals surface area contributed by atoms with Crippen molar-refractivity contribution in [2.45, 2.75) is 96.8 Å². The highest BCUT2D eigenvalue weighted by molar-refractivity contribution is 5.84. The Morgan fingerprint density at radius 3 is 2.55 bits per heavy atom. The van der Waals surface area contributed by atoms with Crippen LogP contribution >= 0.6 is 0 Å². The summed E-state index contributed by atoms with van der Waals surface area (Å²) in [6.07, 6.45) is 11.2. The van der Waals surface area contributed by atoms with E-state index in [-0.39, 0.29) is 6.04 Å². The molecule has 1 amide bonds. The summed E-state index contributed by atoms with van der Waals surface area (Å²) in [4.78, 5) is 15.0. The van der Waals surface area contributed by atoms with Crippen molar-refractivity contribution in [3.05, 3.63) is 0 Å². The van der Waals surface area contributed by atoms with Crippen LogP contribution in [0.4, 0.5) is 0 Å². The number of unbranched alkanes of at least 4 members (excludes halogenated alkanes) is 1. The molecule has 0 bridgehead atoms. The minimum absolute atomic E-state index is 0.0832. The van der Waals surface area contributed by atoms with Crippen LogP contribution in [-0.2, 0) is 4.79 Å². The second-order valence-electron chi connectivity index (χ2n) is 6.73. The van der Waals surface area contributed by atoms with Crippen molar-refractivity contribution in [2.24, 2.45) is 5.92 Å². The molecule has 3 nitrogen and oxygen atoms in total. The maximum Gasteiger partial charge on any atom is 0.241 e. The average molecular weight is 280 g/mol. The van der Waals surface area contributed by atoms with Crippen molar-refractivity contribution in [3.63, 3.8) is 0 Å². The predicted octanol–water partition coefficient (Wildman–Crippen LogP) is 3.68. The van der Waals surface area contributed by atoms with Gasteiger partial charge in [-0.2, -0.15) is 0 Å². The van der Waals surface area contributed by atoms with E-state index in [0.717, 1.165) is 25.7 Å². The van der Waals surface area contributed by atoms with E-state index in [1.807, 2.05) is 0 Å². The van der Waals surface area contributed by atoms with Gasteiger partial charge in [-0.25, -0.2) is 0 Å². The van der Waals surface area contributed by atoms with E-state index in [2.05, 4.69) is 31.0 Å². The van der Waals surface area contributed by atoms with Gasteiger partial charge in [-0.15, -0.1) is 0 Å². The zero-order chi connectivity index (χ0) is 14.5. The van der Waals surface area contributed by atoms with E-state index in [1.54, 1.807) is 0 Å². The summed E-state index contributed by atoms with van der Waals surface area (Å²) in [7, 11) is 0. The van der Waals surface area contributed by atoms with Crippen molar-refractivity contribution in [3.8, 4) is 0 Å². The minimum atomic E-state index is 0.0832. The lowest BCUT2D eigenvalue weighted by Gasteiger charge is -2.33. The molecule has 1 N–H and O–H groups in total. The van der Waals surface area contributed by atoms with E-state index in [9.17, 15) is 4.79 Å². The third-order valence-corrected chi connectivity index (χ3v) is 5.10. The number of amides is 1. The molecule has 1 aliphatic carbocycles. The molecular weight excluding hydrogens is 248 g/mol. The van der Waals surface area contributed by atoms with Crippen molar-refractivity contribution < 1.29 is 4.79 Å². The minimum Gasteiger partial charge on any atom is -0.323 e. The van der Waals surface area contributed by atoms with E-state index < -0.39 is 0 Å². The molecule has 0 radical (unpaired) electrons. The Hall–Kier alpha value is -0.570. The van der Waals surface area contributed by atoms with Gasteiger partial charge < -0.3 is 4.90 Å². The highest BCUT2D eigenvalue weighted by atomic mass is 16.2. The van der Waals surface area contributed by atoms with Gasteiger partial charge in [0.05, 0.1) is 12.2 Å². The Labute approximate surface area is 124 Å². The topological polar surface area (TPSA) is 32.3 Å². The summed E-state index contributed by atoms with van der Waals surface area (Å²) in [6, 6.07) is 0.470. The summed E-state index contributed by atoms with van der Waals surface area (Å²) in [5.74, 6) is 1.06. The number of hydrogen-bond acceptors (Lipinski definition) is 2. The Kier molecular flexibility index (Phi) is 5.88. The highest BCUT2D eigenvalue weighted by Gasteiger charge is 2.44. The van der Waals surface area contributed by atoms with E-state index in [0.29, 0.717) is 24.0 Å². The molecule has 0 aromatic carbocycles. The predicted molar refractivity (Wildman–Crippen MR) is 83.4 cm³/mol. The van der Waals surface area contributed by atoms with Gasteiger partial charge in [0.1, 0.15) is 0 Å². The zero-order valence-electron chi connectivity index (χ0n) is 13.5. The fourth-order valence-electron chi connectivity index (χ4n) is 3.97. The fraction of sp³-hybridized carbons (Fsp3) is 0.941. The third kappa shape index (κ3) is 3.36. The zero-order valence-corrected chi connectivity index (χ0v) is 13.5. The average Bonchev–Trinajstić information content (AvgIpc) is 3.04. The quantitative estimate of drug-likeness (QED) is 0.771. The van der Waals surface area contributed by atoms with Gasteiger partial charge in [0.25, 0.3) is 0 Å². The lowest BCUT2D eigenvalue weighted by molar-refractivity contribution is -0.133. The number of carbonyl (C=O) groups excluding carboxylic acids is 1. The number of nitrogens with zero attached hydrogens (tertiary/aromatic N) is 1. The van der Waals surface area contributed by atoms with Gasteiger partial charge >= 0.3 is 0 Å².